The van der Waals surface area contributed by atoms with Crippen molar-refractivity contribution in [1.29, 1.82) is 0 Å². The van der Waals surface area contributed by atoms with Crippen molar-refractivity contribution in [3.63, 3.8) is 0 Å². The number of halogens is 1. The van der Waals surface area contributed by atoms with E-state index >= 15 is 0 Å². The van der Waals surface area contributed by atoms with E-state index in [0.29, 0.717) is 25.0 Å². The number of hydrogen-bond acceptors (Lipinski definition) is 2. The van der Waals surface area contributed by atoms with Crippen LogP contribution < -0.4 is 0 Å². The Bertz CT molecular complexity index is 384. The number of ether oxygens (including phenoxy) is 1. The number of rotatable bonds is 3. The van der Waals surface area contributed by atoms with Gasteiger partial charge in [-0.1, -0.05) is 6.07 Å². The average molecular weight is 224 g/mol. The summed E-state index contributed by atoms with van der Waals surface area (Å²) in [6.45, 7) is 4.48. The van der Waals surface area contributed by atoms with Crippen LogP contribution in [0.5, 0.6) is 0 Å². The van der Waals surface area contributed by atoms with Crippen molar-refractivity contribution in [3.8, 4) is 0 Å². The zero-order chi connectivity index (χ0) is 11.8. The second-order valence-electron chi connectivity index (χ2n) is 4.48. The normalized spacial score (nSPS) is 28.9. The van der Waals surface area contributed by atoms with E-state index in [-0.39, 0.29) is 11.9 Å². The van der Waals surface area contributed by atoms with E-state index in [9.17, 15) is 9.50 Å². The summed E-state index contributed by atoms with van der Waals surface area (Å²) < 4.78 is 18.6. The summed E-state index contributed by atoms with van der Waals surface area (Å²) in [5, 5.41) is 10.3. The van der Waals surface area contributed by atoms with Crippen LogP contribution in [0, 0.1) is 12.7 Å². The molecule has 16 heavy (non-hydrogen) atoms. The summed E-state index contributed by atoms with van der Waals surface area (Å²) in [5.41, 5.74) is 0.730. The number of aryl methyl sites for hydroxylation is 1. The van der Waals surface area contributed by atoms with Gasteiger partial charge in [0.2, 0.25) is 0 Å². The third-order valence-corrected chi connectivity index (χ3v) is 3.23. The molecule has 0 spiro atoms. The van der Waals surface area contributed by atoms with Gasteiger partial charge in [0, 0.05) is 19.4 Å². The Morgan fingerprint density at radius 1 is 1.50 bits per heavy atom. The zero-order valence-electron chi connectivity index (χ0n) is 9.66. The number of benzene rings is 1. The van der Waals surface area contributed by atoms with Crippen molar-refractivity contribution < 1.29 is 14.2 Å². The molecule has 3 heteroatoms. The van der Waals surface area contributed by atoms with Gasteiger partial charge in [-0.3, -0.25) is 0 Å². The highest BCUT2D eigenvalue weighted by molar-refractivity contribution is 5.34. The lowest BCUT2D eigenvalue weighted by atomic mass is 9.71. The third-order valence-electron chi connectivity index (χ3n) is 3.23. The van der Waals surface area contributed by atoms with Gasteiger partial charge in [-0.25, -0.2) is 4.39 Å². The van der Waals surface area contributed by atoms with E-state index in [1.165, 1.54) is 12.1 Å². The molecule has 0 heterocycles. The van der Waals surface area contributed by atoms with E-state index < -0.39 is 5.60 Å². The molecule has 0 radical (unpaired) electrons. The third kappa shape index (κ3) is 1.97. The molecule has 0 amide bonds. The Balaban J connectivity index is 2.16. The van der Waals surface area contributed by atoms with E-state index in [2.05, 4.69) is 0 Å². The molecule has 88 valence electrons. The van der Waals surface area contributed by atoms with Crippen LogP contribution in [0.15, 0.2) is 18.2 Å². The van der Waals surface area contributed by atoms with Crippen LogP contribution in [0.3, 0.4) is 0 Å². The van der Waals surface area contributed by atoms with Crippen LogP contribution in [0.25, 0.3) is 0 Å². The smallest absolute Gasteiger partial charge is 0.123 e. The van der Waals surface area contributed by atoms with Gasteiger partial charge in [-0.15, -0.1) is 0 Å². The Labute approximate surface area is 95.1 Å². The summed E-state index contributed by atoms with van der Waals surface area (Å²) in [6.07, 6.45) is 1.23. The quantitative estimate of drug-likeness (QED) is 0.854. The second-order valence-corrected chi connectivity index (χ2v) is 4.48. The molecular weight excluding hydrogens is 207 g/mol. The van der Waals surface area contributed by atoms with Gasteiger partial charge in [0.05, 0.1) is 11.7 Å². The van der Waals surface area contributed by atoms with Crippen molar-refractivity contribution in [1.82, 2.24) is 0 Å². The minimum absolute atomic E-state index is 0.109. The van der Waals surface area contributed by atoms with Crippen molar-refractivity contribution >= 4 is 0 Å². The molecule has 1 fully saturated rings. The van der Waals surface area contributed by atoms with Crippen LogP contribution in [-0.4, -0.2) is 17.8 Å². The predicted molar refractivity (Wildman–Crippen MR) is 59.7 cm³/mol. The average Bonchev–Trinajstić information content (AvgIpc) is 2.19. The molecule has 0 saturated heterocycles. The first-order valence-electron chi connectivity index (χ1n) is 5.66. The van der Waals surface area contributed by atoms with Crippen LogP contribution in [-0.2, 0) is 10.3 Å². The topological polar surface area (TPSA) is 29.5 Å². The largest absolute Gasteiger partial charge is 0.385 e. The zero-order valence-corrected chi connectivity index (χ0v) is 9.66. The molecule has 1 saturated carbocycles. The number of aliphatic hydroxyl groups is 1. The predicted octanol–water partition coefficient (Wildman–Crippen LogP) is 2.52. The standard InChI is InChI=1S/C13H17FO2/c1-3-16-11-7-13(15,8-11)12-6-10(14)5-4-9(12)2/h4-6,11,15H,3,7-8H2,1-2H3. The van der Waals surface area contributed by atoms with Crippen LogP contribution in [0.1, 0.15) is 30.9 Å². The number of hydrogen-bond donors (Lipinski definition) is 1. The van der Waals surface area contributed by atoms with E-state index in [1.807, 2.05) is 13.8 Å². The van der Waals surface area contributed by atoms with E-state index in [0.717, 1.165) is 5.56 Å². The molecule has 1 aromatic carbocycles. The van der Waals surface area contributed by atoms with Crippen LogP contribution >= 0.6 is 0 Å². The highest BCUT2D eigenvalue weighted by atomic mass is 19.1. The monoisotopic (exact) mass is 224 g/mol. The Morgan fingerprint density at radius 2 is 2.19 bits per heavy atom. The molecule has 1 aliphatic carbocycles. The van der Waals surface area contributed by atoms with Crippen molar-refractivity contribution in [2.45, 2.75) is 38.4 Å². The molecule has 0 unspecified atom stereocenters. The molecule has 2 rings (SSSR count). The molecule has 2 nitrogen and oxygen atoms in total. The van der Waals surface area contributed by atoms with Crippen LogP contribution in [0.2, 0.25) is 0 Å². The highest BCUT2D eigenvalue weighted by Gasteiger charge is 2.45. The van der Waals surface area contributed by atoms with Gasteiger partial charge in [-0.05, 0) is 37.1 Å². The van der Waals surface area contributed by atoms with Gasteiger partial charge in [0.1, 0.15) is 5.82 Å². The van der Waals surface area contributed by atoms with Gasteiger partial charge < -0.3 is 9.84 Å². The summed E-state index contributed by atoms with van der Waals surface area (Å²) >= 11 is 0. The minimum atomic E-state index is -0.897. The molecule has 0 aliphatic heterocycles. The SMILES string of the molecule is CCOC1CC(O)(c2cc(F)ccc2C)C1. The van der Waals surface area contributed by atoms with E-state index in [4.69, 9.17) is 4.74 Å². The summed E-state index contributed by atoms with van der Waals surface area (Å²) in [4.78, 5) is 0. The fraction of sp³-hybridized carbons (Fsp3) is 0.538. The first-order valence-corrected chi connectivity index (χ1v) is 5.66. The maximum atomic E-state index is 13.1. The molecule has 1 N–H and O–H groups in total. The van der Waals surface area contributed by atoms with Gasteiger partial charge >= 0.3 is 0 Å². The molecule has 0 atom stereocenters. The first kappa shape index (κ1) is 11.6. The van der Waals surface area contributed by atoms with Crippen LogP contribution in [0.4, 0.5) is 4.39 Å². The second kappa shape index (κ2) is 4.15. The lowest BCUT2D eigenvalue weighted by Gasteiger charge is -2.44. The molecule has 0 bridgehead atoms. The summed E-state index contributed by atoms with van der Waals surface area (Å²) in [7, 11) is 0. The maximum absolute atomic E-state index is 13.1. The van der Waals surface area contributed by atoms with Gasteiger partial charge in [-0.2, -0.15) is 0 Å². The Hall–Kier alpha value is -0.930. The molecule has 1 aliphatic rings. The first-order chi connectivity index (χ1) is 7.55. The van der Waals surface area contributed by atoms with Crippen molar-refractivity contribution in [2.24, 2.45) is 0 Å². The fourth-order valence-electron chi connectivity index (χ4n) is 2.36. The maximum Gasteiger partial charge on any atom is 0.123 e. The highest BCUT2D eigenvalue weighted by Crippen LogP contribution is 2.44. The lowest BCUT2D eigenvalue weighted by molar-refractivity contribution is -0.143. The lowest BCUT2D eigenvalue weighted by Crippen LogP contribution is -2.46. The van der Waals surface area contributed by atoms with Gasteiger partial charge in [0.15, 0.2) is 0 Å². The van der Waals surface area contributed by atoms with Crippen molar-refractivity contribution in [3.05, 3.63) is 35.1 Å². The summed E-state index contributed by atoms with van der Waals surface area (Å²) in [6, 6.07) is 4.55. The molecule has 0 aromatic heterocycles. The van der Waals surface area contributed by atoms with Gasteiger partial charge in [0.25, 0.3) is 0 Å². The molecule has 1 aromatic rings. The van der Waals surface area contributed by atoms with Crippen molar-refractivity contribution in [2.75, 3.05) is 6.61 Å². The van der Waals surface area contributed by atoms with E-state index in [1.54, 1.807) is 6.07 Å². The fourth-order valence-corrected chi connectivity index (χ4v) is 2.36. The summed E-state index contributed by atoms with van der Waals surface area (Å²) in [5.74, 6) is -0.297. The Kier molecular flexibility index (Phi) is 3.00. The Morgan fingerprint density at radius 3 is 2.81 bits per heavy atom. The minimum Gasteiger partial charge on any atom is -0.385 e. The molecular formula is C13H17FO2.